The maximum Gasteiger partial charge on any atom is 0.251 e. The maximum atomic E-state index is 12.7. The summed E-state index contributed by atoms with van der Waals surface area (Å²) in [6.07, 6.45) is 3.65. The molecule has 0 saturated carbocycles. The molecular formula is C21H20N4O. The van der Waals surface area contributed by atoms with E-state index in [1.54, 1.807) is 18.3 Å². The normalized spacial score (nSPS) is 11.5. The van der Waals surface area contributed by atoms with Crippen molar-refractivity contribution in [3.63, 3.8) is 0 Å². The van der Waals surface area contributed by atoms with Gasteiger partial charge in [-0.2, -0.15) is 10.4 Å². The summed E-state index contributed by atoms with van der Waals surface area (Å²) < 4.78 is 1.86. The molecule has 1 N–H and O–H groups in total. The number of hydrogen-bond acceptors (Lipinski definition) is 3. The second-order valence-corrected chi connectivity index (χ2v) is 6.25. The van der Waals surface area contributed by atoms with Crippen LogP contribution in [-0.4, -0.2) is 22.2 Å². The minimum Gasteiger partial charge on any atom is -0.352 e. The van der Waals surface area contributed by atoms with E-state index in [2.05, 4.69) is 23.4 Å². The predicted octanol–water partition coefficient (Wildman–Crippen LogP) is 3.49. The zero-order valence-corrected chi connectivity index (χ0v) is 14.6. The molecule has 1 heterocycles. The first-order valence-corrected chi connectivity index (χ1v) is 8.53. The van der Waals surface area contributed by atoms with Crippen molar-refractivity contribution in [3.8, 4) is 17.2 Å². The number of nitriles is 1. The van der Waals surface area contributed by atoms with Gasteiger partial charge in [-0.05, 0) is 29.7 Å². The maximum absolute atomic E-state index is 12.7. The summed E-state index contributed by atoms with van der Waals surface area (Å²) in [7, 11) is 0. The van der Waals surface area contributed by atoms with Crippen molar-refractivity contribution in [2.24, 2.45) is 5.92 Å². The molecule has 2 aromatic carbocycles. The third-order valence-electron chi connectivity index (χ3n) is 4.18. The first-order valence-electron chi connectivity index (χ1n) is 8.53. The van der Waals surface area contributed by atoms with Gasteiger partial charge in [0.2, 0.25) is 0 Å². The number of nitrogens with zero attached hydrogens (tertiary/aromatic N) is 3. The van der Waals surface area contributed by atoms with Gasteiger partial charge in [-0.15, -0.1) is 0 Å². The SMILES string of the molecule is C[C@@H](CNC(=O)c1ccccc1-c1ccccc1C#N)Cn1cccn1. The summed E-state index contributed by atoms with van der Waals surface area (Å²) in [6.45, 7) is 3.36. The van der Waals surface area contributed by atoms with Crippen molar-refractivity contribution in [1.29, 1.82) is 5.26 Å². The lowest BCUT2D eigenvalue weighted by atomic mass is 9.95. The van der Waals surface area contributed by atoms with Crippen molar-refractivity contribution in [2.45, 2.75) is 13.5 Å². The second kappa shape index (κ2) is 8.13. The minimum absolute atomic E-state index is 0.138. The predicted molar refractivity (Wildman–Crippen MR) is 100 cm³/mol. The third kappa shape index (κ3) is 3.98. The van der Waals surface area contributed by atoms with E-state index in [0.29, 0.717) is 17.7 Å². The van der Waals surface area contributed by atoms with Crippen LogP contribution in [0.3, 0.4) is 0 Å². The Morgan fingerprint density at radius 3 is 2.62 bits per heavy atom. The molecule has 5 nitrogen and oxygen atoms in total. The van der Waals surface area contributed by atoms with Crippen LogP contribution in [0.15, 0.2) is 67.0 Å². The molecule has 3 aromatic rings. The highest BCUT2D eigenvalue weighted by atomic mass is 16.1. The van der Waals surface area contributed by atoms with Gasteiger partial charge in [0.1, 0.15) is 0 Å². The molecule has 0 saturated heterocycles. The second-order valence-electron chi connectivity index (χ2n) is 6.25. The zero-order valence-electron chi connectivity index (χ0n) is 14.6. The van der Waals surface area contributed by atoms with Crippen LogP contribution < -0.4 is 5.32 Å². The fourth-order valence-corrected chi connectivity index (χ4v) is 2.89. The van der Waals surface area contributed by atoms with Gasteiger partial charge in [-0.25, -0.2) is 0 Å². The number of amides is 1. The van der Waals surface area contributed by atoms with Gasteiger partial charge >= 0.3 is 0 Å². The van der Waals surface area contributed by atoms with E-state index in [9.17, 15) is 10.1 Å². The van der Waals surface area contributed by atoms with Crippen LogP contribution in [0.25, 0.3) is 11.1 Å². The van der Waals surface area contributed by atoms with Crippen LogP contribution >= 0.6 is 0 Å². The number of benzene rings is 2. The van der Waals surface area contributed by atoms with Crippen molar-refractivity contribution in [1.82, 2.24) is 15.1 Å². The van der Waals surface area contributed by atoms with E-state index in [1.165, 1.54) is 0 Å². The highest BCUT2D eigenvalue weighted by Gasteiger charge is 2.15. The average molecular weight is 344 g/mol. The number of carbonyl (C=O) groups is 1. The van der Waals surface area contributed by atoms with E-state index in [-0.39, 0.29) is 11.8 Å². The lowest BCUT2D eigenvalue weighted by molar-refractivity contribution is 0.0947. The molecule has 130 valence electrons. The monoisotopic (exact) mass is 344 g/mol. The zero-order chi connectivity index (χ0) is 18.4. The van der Waals surface area contributed by atoms with Crippen molar-refractivity contribution in [2.75, 3.05) is 6.54 Å². The smallest absolute Gasteiger partial charge is 0.251 e. The molecule has 0 aliphatic rings. The molecule has 0 aliphatic carbocycles. The number of hydrogen-bond donors (Lipinski definition) is 1. The van der Waals surface area contributed by atoms with E-state index in [1.807, 2.05) is 53.3 Å². The quantitative estimate of drug-likeness (QED) is 0.744. The molecule has 1 aromatic heterocycles. The highest BCUT2D eigenvalue weighted by Crippen LogP contribution is 2.26. The summed E-state index contributed by atoms with van der Waals surface area (Å²) in [5.74, 6) is 0.109. The largest absolute Gasteiger partial charge is 0.352 e. The van der Waals surface area contributed by atoms with Crippen LogP contribution in [0.1, 0.15) is 22.8 Å². The highest BCUT2D eigenvalue weighted by molar-refractivity contribution is 6.01. The van der Waals surface area contributed by atoms with E-state index in [4.69, 9.17) is 0 Å². The molecule has 0 bridgehead atoms. The van der Waals surface area contributed by atoms with Gasteiger partial charge in [-0.1, -0.05) is 43.3 Å². The van der Waals surface area contributed by atoms with Crippen molar-refractivity contribution in [3.05, 3.63) is 78.1 Å². The molecule has 0 unspecified atom stereocenters. The molecule has 26 heavy (non-hydrogen) atoms. The van der Waals surface area contributed by atoms with E-state index >= 15 is 0 Å². The minimum atomic E-state index is -0.138. The molecular weight excluding hydrogens is 324 g/mol. The lowest BCUT2D eigenvalue weighted by Gasteiger charge is -2.15. The topological polar surface area (TPSA) is 70.7 Å². The van der Waals surface area contributed by atoms with Crippen molar-refractivity contribution >= 4 is 5.91 Å². The molecule has 0 aliphatic heterocycles. The molecule has 1 atom stereocenters. The Bertz CT molecular complexity index is 925. The number of nitrogens with one attached hydrogen (secondary N) is 1. The van der Waals surface area contributed by atoms with Gasteiger partial charge in [0.15, 0.2) is 0 Å². The average Bonchev–Trinajstić information content (AvgIpc) is 3.19. The Kier molecular flexibility index (Phi) is 5.45. The van der Waals surface area contributed by atoms with Crippen molar-refractivity contribution < 1.29 is 4.79 Å². The van der Waals surface area contributed by atoms with E-state index < -0.39 is 0 Å². The Morgan fingerprint density at radius 1 is 1.15 bits per heavy atom. The number of carbonyl (C=O) groups excluding carboxylic acids is 1. The molecule has 0 spiro atoms. The summed E-state index contributed by atoms with van der Waals surface area (Å²) >= 11 is 0. The summed E-state index contributed by atoms with van der Waals surface area (Å²) in [5, 5.41) is 16.5. The number of rotatable bonds is 6. The summed E-state index contributed by atoms with van der Waals surface area (Å²) in [6, 6.07) is 18.8. The Morgan fingerprint density at radius 2 is 1.88 bits per heavy atom. The molecule has 0 radical (unpaired) electrons. The fourth-order valence-electron chi connectivity index (χ4n) is 2.89. The fraction of sp³-hybridized carbons (Fsp3) is 0.190. The standard InChI is InChI=1S/C21H20N4O/c1-16(15-25-12-6-11-24-25)14-23-21(26)20-10-5-4-9-19(20)18-8-3-2-7-17(18)13-22/h2-12,16H,14-15H2,1H3,(H,23,26)/t16-/m0/s1. The summed E-state index contributed by atoms with van der Waals surface area (Å²) in [5.41, 5.74) is 2.66. The van der Waals surface area contributed by atoms with Crippen LogP contribution in [0.5, 0.6) is 0 Å². The van der Waals surface area contributed by atoms with Gasteiger partial charge in [-0.3, -0.25) is 9.48 Å². The third-order valence-corrected chi connectivity index (χ3v) is 4.18. The summed E-state index contributed by atoms with van der Waals surface area (Å²) in [4.78, 5) is 12.7. The van der Waals surface area contributed by atoms with Gasteiger partial charge in [0, 0.05) is 36.6 Å². The van der Waals surface area contributed by atoms with Gasteiger partial charge in [0.05, 0.1) is 11.6 Å². The number of aromatic nitrogens is 2. The Balaban J connectivity index is 1.75. The Labute approximate surface area is 152 Å². The lowest BCUT2D eigenvalue weighted by Crippen LogP contribution is -2.30. The molecule has 5 heteroatoms. The van der Waals surface area contributed by atoms with E-state index in [0.717, 1.165) is 17.7 Å². The first-order chi connectivity index (χ1) is 12.7. The first kappa shape index (κ1) is 17.4. The van der Waals surface area contributed by atoms with Gasteiger partial charge in [0.25, 0.3) is 5.91 Å². The van der Waals surface area contributed by atoms with Crippen LogP contribution in [-0.2, 0) is 6.54 Å². The molecule has 3 rings (SSSR count). The van der Waals surface area contributed by atoms with Crippen LogP contribution in [0.4, 0.5) is 0 Å². The van der Waals surface area contributed by atoms with Gasteiger partial charge < -0.3 is 5.32 Å². The van der Waals surface area contributed by atoms with Crippen LogP contribution in [0.2, 0.25) is 0 Å². The van der Waals surface area contributed by atoms with Crippen LogP contribution in [0, 0.1) is 17.2 Å². The Hall–Kier alpha value is -3.39. The molecule has 0 fully saturated rings. The molecule has 1 amide bonds.